The van der Waals surface area contributed by atoms with E-state index in [-0.39, 0.29) is 17.1 Å². The third kappa shape index (κ3) is 2.26. The molecule has 4 heteroatoms. The minimum atomic E-state index is -0.874. The number of benzene rings is 1. The van der Waals surface area contributed by atoms with Gasteiger partial charge in [-0.3, -0.25) is 4.79 Å². The lowest BCUT2D eigenvalue weighted by Gasteiger charge is -2.08. The van der Waals surface area contributed by atoms with Crippen LogP contribution >= 0.6 is 0 Å². The lowest BCUT2D eigenvalue weighted by molar-refractivity contribution is -0.118. The Balaban J connectivity index is 3.07. The maximum absolute atomic E-state index is 12.7. The van der Waals surface area contributed by atoms with Gasteiger partial charge in [-0.15, -0.1) is 0 Å². The van der Waals surface area contributed by atoms with Gasteiger partial charge in [0.25, 0.3) is 0 Å². The number of phenolic OH excluding ortho intramolecular Hbond substituents is 1. The first-order valence-corrected chi connectivity index (χ1v) is 3.76. The normalized spacial score (nSPS) is 12.5. The van der Waals surface area contributed by atoms with Gasteiger partial charge in [0.05, 0.1) is 6.04 Å². The van der Waals surface area contributed by atoms with Crippen LogP contribution in [0.5, 0.6) is 5.75 Å². The smallest absolute Gasteiger partial charge is 0.150 e. The fraction of sp³-hybridized carbons (Fsp3) is 0.222. The lowest BCUT2D eigenvalue weighted by Crippen LogP contribution is -2.18. The number of carbonyl (C=O) groups excluding carboxylic acids is 1. The first kappa shape index (κ1) is 9.67. The van der Waals surface area contributed by atoms with E-state index < -0.39 is 11.9 Å². The number of ketones is 1. The van der Waals surface area contributed by atoms with Crippen LogP contribution < -0.4 is 5.73 Å². The number of hydrogen-bond acceptors (Lipinski definition) is 3. The molecule has 70 valence electrons. The molecule has 0 fully saturated rings. The molecule has 0 aliphatic carbocycles. The Labute approximate surface area is 75.0 Å². The highest BCUT2D eigenvalue weighted by atomic mass is 19.1. The molecule has 0 bridgehead atoms. The fourth-order valence-electron chi connectivity index (χ4n) is 1.01. The van der Waals surface area contributed by atoms with Crippen LogP contribution in [0.3, 0.4) is 0 Å². The molecule has 0 amide bonds. The number of halogens is 1. The summed E-state index contributed by atoms with van der Waals surface area (Å²) in [6, 6.07) is 2.48. The molecule has 1 unspecified atom stereocenters. The standard InChI is InChI=1S/C9H10FNO2/c1-5(12)9(11)6-2-7(10)4-8(13)3-6/h2-4,9,13H,11H2,1H3. The Morgan fingerprint density at radius 2 is 2.15 bits per heavy atom. The van der Waals surface area contributed by atoms with Gasteiger partial charge in [-0.1, -0.05) is 0 Å². The summed E-state index contributed by atoms with van der Waals surface area (Å²) < 4.78 is 12.7. The Hall–Kier alpha value is -1.42. The van der Waals surface area contributed by atoms with Gasteiger partial charge in [0, 0.05) is 6.07 Å². The maximum atomic E-state index is 12.7. The van der Waals surface area contributed by atoms with E-state index in [1.165, 1.54) is 13.0 Å². The van der Waals surface area contributed by atoms with Crippen LogP contribution in [0.2, 0.25) is 0 Å². The minimum absolute atomic E-state index is 0.230. The SMILES string of the molecule is CC(=O)C(N)c1cc(O)cc(F)c1. The van der Waals surface area contributed by atoms with Gasteiger partial charge in [0.2, 0.25) is 0 Å². The second kappa shape index (κ2) is 3.53. The topological polar surface area (TPSA) is 63.3 Å². The van der Waals surface area contributed by atoms with Crippen molar-refractivity contribution in [3.05, 3.63) is 29.6 Å². The van der Waals surface area contributed by atoms with Crippen LogP contribution in [-0.4, -0.2) is 10.9 Å². The number of rotatable bonds is 2. The van der Waals surface area contributed by atoms with Crippen molar-refractivity contribution in [2.45, 2.75) is 13.0 Å². The zero-order chi connectivity index (χ0) is 10.0. The highest BCUT2D eigenvalue weighted by molar-refractivity contribution is 5.82. The van der Waals surface area contributed by atoms with E-state index >= 15 is 0 Å². The zero-order valence-corrected chi connectivity index (χ0v) is 7.12. The summed E-state index contributed by atoms with van der Waals surface area (Å²) in [6.45, 7) is 1.31. The second-order valence-corrected chi connectivity index (χ2v) is 2.83. The molecule has 0 spiro atoms. The summed E-state index contributed by atoms with van der Waals surface area (Å²) >= 11 is 0. The molecule has 0 saturated heterocycles. The van der Waals surface area contributed by atoms with Gasteiger partial charge in [-0.05, 0) is 24.6 Å². The second-order valence-electron chi connectivity index (χ2n) is 2.83. The van der Waals surface area contributed by atoms with E-state index in [4.69, 9.17) is 10.8 Å². The van der Waals surface area contributed by atoms with Crippen molar-refractivity contribution < 1.29 is 14.3 Å². The monoisotopic (exact) mass is 183 g/mol. The van der Waals surface area contributed by atoms with E-state index in [1.807, 2.05) is 0 Å². The van der Waals surface area contributed by atoms with Gasteiger partial charge in [0.15, 0.2) is 5.78 Å². The average molecular weight is 183 g/mol. The number of carbonyl (C=O) groups is 1. The van der Waals surface area contributed by atoms with Crippen LogP contribution in [-0.2, 0) is 4.79 Å². The summed E-state index contributed by atoms with van der Waals surface area (Å²) in [5.74, 6) is -1.11. The highest BCUT2D eigenvalue weighted by Crippen LogP contribution is 2.19. The summed E-state index contributed by atoms with van der Waals surface area (Å²) in [5.41, 5.74) is 5.73. The van der Waals surface area contributed by atoms with Gasteiger partial charge in [0.1, 0.15) is 11.6 Å². The molecule has 1 rings (SSSR count). The minimum Gasteiger partial charge on any atom is -0.508 e. The van der Waals surface area contributed by atoms with Crippen LogP contribution in [0.15, 0.2) is 18.2 Å². The van der Waals surface area contributed by atoms with Gasteiger partial charge < -0.3 is 10.8 Å². The lowest BCUT2D eigenvalue weighted by atomic mass is 10.0. The first-order chi connectivity index (χ1) is 6.00. The molecule has 0 saturated carbocycles. The fourth-order valence-corrected chi connectivity index (χ4v) is 1.01. The average Bonchev–Trinajstić information content (AvgIpc) is 2.01. The number of Topliss-reactive ketones (excluding diaryl/α,β-unsaturated/α-hetero) is 1. The third-order valence-corrected chi connectivity index (χ3v) is 1.70. The number of aromatic hydroxyl groups is 1. The van der Waals surface area contributed by atoms with Crippen molar-refractivity contribution in [1.82, 2.24) is 0 Å². The molecule has 0 aliphatic rings. The Morgan fingerprint density at radius 3 is 2.62 bits per heavy atom. The van der Waals surface area contributed by atoms with E-state index in [0.29, 0.717) is 0 Å². The van der Waals surface area contributed by atoms with Crippen molar-refractivity contribution in [1.29, 1.82) is 0 Å². The Morgan fingerprint density at radius 1 is 1.54 bits per heavy atom. The molecule has 0 aliphatic heterocycles. The van der Waals surface area contributed by atoms with Crippen LogP contribution in [0, 0.1) is 5.82 Å². The van der Waals surface area contributed by atoms with Gasteiger partial charge in [-0.25, -0.2) is 4.39 Å². The van der Waals surface area contributed by atoms with Gasteiger partial charge in [-0.2, -0.15) is 0 Å². The van der Waals surface area contributed by atoms with Crippen molar-refractivity contribution in [2.75, 3.05) is 0 Å². The molecule has 1 atom stereocenters. The van der Waals surface area contributed by atoms with Crippen molar-refractivity contribution in [2.24, 2.45) is 5.73 Å². The van der Waals surface area contributed by atoms with E-state index in [2.05, 4.69) is 0 Å². The van der Waals surface area contributed by atoms with Crippen molar-refractivity contribution in [3.63, 3.8) is 0 Å². The van der Waals surface area contributed by atoms with Crippen LogP contribution in [0.4, 0.5) is 4.39 Å². The van der Waals surface area contributed by atoms with Crippen molar-refractivity contribution >= 4 is 5.78 Å². The number of hydrogen-bond donors (Lipinski definition) is 2. The first-order valence-electron chi connectivity index (χ1n) is 3.76. The van der Waals surface area contributed by atoms with E-state index in [0.717, 1.165) is 12.1 Å². The van der Waals surface area contributed by atoms with E-state index in [1.54, 1.807) is 0 Å². The predicted molar refractivity (Wildman–Crippen MR) is 45.7 cm³/mol. The molecule has 0 aromatic heterocycles. The summed E-state index contributed by atoms with van der Waals surface area (Å²) in [4.78, 5) is 10.8. The van der Waals surface area contributed by atoms with Crippen LogP contribution in [0.1, 0.15) is 18.5 Å². The molecule has 0 radical (unpaired) electrons. The largest absolute Gasteiger partial charge is 0.508 e. The van der Waals surface area contributed by atoms with Crippen LogP contribution in [0.25, 0.3) is 0 Å². The molecule has 1 aromatic carbocycles. The maximum Gasteiger partial charge on any atom is 0.150 e. The molecule has 3 N–H and O–H groups in total. The Bertz CT molecular complexity index is 318. The third-order valence-electron chi connectivity index (χ3n) is 1.70. The molecular weight excluding hydrogens is 173 g/mol. The number of phenols is 1. The Kier molecular flexibility index (Phi) is 2.63. The molecule has 1 aromatic rings. The summed E-state index contributed by atoms with van der Waals surface area (Å²) in [5, 5.41) is 9.02. The van der Waals surface area contributed by atoms with Gasteiger partial charge >= 0.3 is 0 Å². The summed E-state index contributed by atoms with van der Waals surface area (Å²) in [7, 11) is 0. The summed E-state index contributed by atoms with van der Waals surface area (Å²) in [6.07, 6.45) is 0. The predicted octanol–water partition coefficient (Wildman–Crippen LogP) is 1.12. The molecule has 0 heterocycles. The highest BCUT2D eigenvalue weighted by Gasteiger charge is 2.12. The van der Waals surface area contributed by atoms with E-state index in [9.17, 15) is 9.18 Å². The molecular formula is C9H10FNO2. The molecule has 3 nitrogen and oxygen atoms in total. The zero-order valence-electron chi connectivity index (χ0n) is 7.12. The molecule has 13 heavy (non-hydrogen) atoms. The number of nitrogens with two attached hydrogens (primary N) is 1. The quantitative estimate of drug-likeness (QED) is 0.722. The van der Waals surface area contributed by atoms with Crippen molar-refractivity contribution in [3.8, 4) is 5.75 Å².